The molecule has 9 heteroatoms. The minimum atomic E-state index is -0.561. The molecule has 1 saturated heterocycles. The highest BCUT2D eigenvalue weighted by Gasteiger charge is 2.35. The van der Waals surface area contributed by atoms with Gasteiger partial charge in [-0.1, -0.05) is 11.3 Å². The Kier molecular flexibility index (Phi) is 5.00. The van der Waals surface area contributed by atoms with E-state index in [1.54, 1.807) is 18.7 Å². The van der Waals surface area contributed by atoms with Gasteiger partial charge >= 0.3 is 5.97 Å². The third-order valence-electron chi connectivity index (χ3n) is 2.53. The second-order valence-corrected chi connectivity index (χ2v) is 6.41. The van der Waals surface area contributed by atoms with Gasteiger partial charge < -0.3 is 9.64 Å². The number of ether oxygens (including phenoxy) is 1. The molecule has 1 fully saturated rings. The third-order valence-corrected chi connectivity index (χ3v) is 4.56. The molecule has 104 valence electrons. The zero-order valence-corrected chi connectivity index (χ0v) is 12.6. The predicted octanol–water partition coefficient (Wildman–Crippen LogP) is 1.31. The lowest BCUT2D eigenvalue weighted by Gasteiger charge is -2.32. The van der Waals surface area contributed by atoms with Crippen LogP contribution in [0.4, 0.5) is 0 Å². The van der Waals surface area contributed by atoms with Crippen LogP contribution >= 0.6 is 34.7 Å². The molecule has 1 aliphatic heterocycles. The van der Waals surface area contributed by atoms with Gasteiger partial charge in [0.1, 0.15) is 6.04 Å². The molecule has 1 amide bonds. The highest BCUT2D eigenvalue weighted by molar-refractivity contribution is 7.99. The molecule has 0 bridgehead atoms. The smallest absolute Gasteiger partial charge is 0.329 e. The molecule has 1 atom stereocenters. The largest absolute Gasteiger partial charge is 0.464 e. The number of halogens is 1. The predicted molar refractivity (Wildman–Crippen MR) is 73.7 cm³/mol. The molecule has 1 aromatic rings. The second-order valence-electron chi connectivity index (χ2n) is 3.70. The topological polar surface area (TPSA) is 72.4 Å². The number of amides is 1. The molecule has 0 N–H and O–H groups in total. The van der Waals surface area contributed by atoms with E-state index in [-0.39, 0.29) is 21.4 Å². The van der Waals surface area contributed by atoms with Gasteiger partial charge in [-0.2, -0.15) is 11.8 Å². The molecule has 0 aromatic carbocycles. The van der Waals surface area contributed by atoms with E-state index in [0.29, 0.717) is 18.9 Å². The number of thioether (sulfide) groups is 1. The summed E-state index contributed by atoms with van der Waals surface area (Å²) in [5.41, 5.74) is 0. The highest BCUT2D eigenvalue weighted by atomic mass is 35.5. The van der Waals surface area contributed by atoms with Crippen LogP contribution < -0.4 is 0 Å². The van der Waals surface area contributed by atoms with Crippen LogP contribution in [0.2, 0.25) is 4.47 Å². The van der Waals surface area contributed by atoms with Crippen LogP contribution in [0, 0.1) is 0 Å². The summed E-state index contributed by atoms with van der Waals surface area (Å²) < 4.78 is 5.21. The fraction of sp³-hybridized carbons (Fsp3) is 0.600. The molecular formula is C10H12ClN3O3S2. The minimum Gasteiger partial charge on any atom is -0.464 e. The van der Waals surface area contributed by atoms with Crippen molar-refractivity contribution in [3.63, 3.8) is 0 Å². The quantitative estimate of drug-likeness (QED) is 0.782. The Morgan fingerprint density at radius 1 is 1.53 bits per heavy atom. The highest BCUT2D eigenvalue weighted by Crippen LogP contribution is 2.22. The Morgan fingerprint density at radius 3 is 2.95 bits per heavy atom. The first kappa shape index (κ1) is 14.5. The standard InChI is InChI=1S/C10H12ClN3O3S2/c1-2-17-9(16)6-5-18-4-3-14(6)8(15)7-12-13-10(11)19-7/h6H,2-5H2,1H3. The normalized spacial score (nSPS) is 19.3. The summed E-state index contributed by atoms with van der Waals surface area (Å²) in [6.45, 7) is 2.53. The van der Waals surface area contributed by atoms with Gasteiger partial charge in [0.2, 0.25) is 9.47 Å². The molecule has 1 unspecified atom stereocenters. The van der Waals surface area contributed by atoms with Gasteiger partial charge in [-0.25, -0.2) is 4.79 Å². The molecule has 1 aromatic heterocycles. The maximum Gasteiger partial charge on any atom is 0.329 e. The first-order valence-corrected chi connectivity index (χ1v) is 8.02. The number of hydrogen-bond donors (Lipinski definition) is 0. The van der Waals surface area contributed by atoms with E-state index in [0.717, 1.165) is 17.1 Å². The Morgan fingerprint density at radius 2 is 2.32 bits per heavy atom. The van der Waals surface area contributed by atoms with Crippen molar-refractivity contribution in [3.8, 4) is 0 Å². The number of hydrogen-bond acceptors (Lipinski definition) is 7. The summed E-state index contributed by atoms with van der Waals surface area (Å²) in [7, 11) is 0. The van der Waals surface area contributed by atoms with Gasteiger partial charge in [0, 0.05) is 18.1 Å². The molecule has 1 aliphatic rings. The van der Waals surface area contributed by atoms with Crippen LogP contribution in [-0.2, 0) is 9.53 Å². The summed E-state index contributed by atoms with van der Waals surface area (Å²) in [6.07, 6.45) is 0. The molecule has 2 heterocycles. The SMILES string of the molecule is CCOC(=O)C1CSCCN1C(=O)c1nnc(Cl)s1. The lowest BCUT2D eigenvalue weighted by Crippen LogP contribution is -2.51. The summed E-state index contributed by atoms with van der Waals surface area (Å²) in [5, 5.41) is 7.52. The van der Waals surface area contributed by atoms with Gasteiger partial charge in [0.05, 0.1) is 6.61 Å². The van der Waals surface area contributed by atoms with E-state index in [2.05, 4.69) is 10.2 Å². The number of esters is 1. The zero-order valence-electron chi connectivity index (χ0n) is 10.2. The summed E-state index contributed by atoms with van der Waals surface area (Å²) >= 11 is 8.31. The van der Waals surface area contributed by atoms with Crippen molar-refractivity contribution >= 4 is 46.6 Å². The van der Waals surface area contributed by atoms with E-state index in [4.69, 9.17) is 16.3 Å². The fourth-order valence-electron chi connectivity index (χ4n) is 1.70. The zero-order chi connectivity index (χ0) is 13.8. The monoisotopic (exact) mass is 321 g/mol. The average molecular weight is 322 g/mol. The van der Waals surface area contributed by atoms with E-state index in [9.17, 15) is 9.59 Å². The molecule has 2 rings (SSSR count). The first-order chi connectivity index (χ1) is 9.13. The Balaban J connectivity index is 2.15. The van der Waals surface area contributed by atoms with E-state index in [1.807, 2.05) is 0 Å². The lowest BCUT2D eigenvalue weighted by molar-refractivity contribution is -0.147. The molecule has 0 aliphatic carbocycles. The van der Waals surface area contributed by atoms with Crippen molar-refractivity contribution in [1.29, 1.82) is 0 Å². The fourth-order valence-corrected chi connectivity index (χ4v) is 3.51. The third kappa shape index (κ3) is 3.37. The number of aromatic nitrogens is 2. The first-order valence-electron chi connectivity index (χ1n) is 5.67. The maximum atomic E-state index is 12.3. The molecule has 19 heavy (non-hydrogen) atoms. The number of rotatable bonds is 3. The molecule has 0 spiro atoms. The van der Waals surface area contributed by atoms with Crippen molar-refractivity contribution < 1.29 is 14.3 Å². The van der Waals surface area contributed by atoms with Gasteiger partial charge in [-0.15, -0.1) is 10.2 Å². The van der Waals surface area contributed by atoms with E-state index >= 15 is 0 Å². The van der Waals surface area contributed by atoms with Crippen LogP contribution in [0.25, 0.3) is 0 Å². The van der Waals surface area contributed by atoms with Crippen LogP contribution in [0.1, 0.15) is 16.7 Å². The van der Waals surface area contributed by atoms with Gasteiger partial charge in [-0.05, 0) is 18.5 Å². The molecule has 0 radical (unpaired) electrons. The van der Waals surface area contributed by atoms with Crippen molar-refractivity contribution in [3.05, 3.63) is 9.47 Å². The number of nitrogens with zero attached hydrogens (tertiary/aromatic N) is 3. The maximum absolute atomic E-state index is 12.3. The average Bonchev–Trinajstić information content (AvgIpc) is 2.85. The van der Waals surface area contributed by atoms with Crippen molar-refractivity contribution in [1.82, 2.24) is 15.1 Å². The summed E-state index contributed by atoms with van der Waals surface area (Å²) in [6, 6.07) is -0.561. The molecular weight excluding hydrogens is 310 g/mol. The van der Waals surface area contributed by atoms with Gasteiger partial charge in [0.15, 0.2) is 0 Å². The number of carbonyl (C=O) groups is 2. The van der Waals surface area contributed by atoms with Crippen molar-refractivity contribution in [2.75, 3.05) is 24.7 Å². The van der Waals surface area contributed by atoms with Crippen LogP contribution in [0.5, 0.6) is 0 Å². The minimum absolute atomic E-state index is 0.200. The second kappa shape index (κ2) is 6.53. The Hall–Kier alpha value is -0.860. The van der Waals surface area contributed by atoms with Gasteiger partial charge in [-0.3, -0.25) is 4.79 Å². The number of carbonyl (C=O) groups excluding carboxylic acids is 2. The van der Waals surface area contributed by atoms with Gasteiger partial charge in [0.25, 0.3) is 5.91 Å². The summed E-state index contributed by atoms with van der Waals surface area (Å²) in [5.74, 6) is 0.632. The van der Waals surface area contributed by atoms with Crippen LogP contribution in [-0.4, -0.2) is 57.7 Å². The van der Waals surface area contributed by atoms with Crippen LogP contribution in [0.3, 0.4) is 0 Å². The Bertz CT molecular complexity index is 482. The lowest BCUT2D eigenvalue weighted by atomic mass is 10.2. The summed E-state index contributed by atoms with van der Waals surface area (Å²) in [4.78, 5) is 25.6. The van der Waals surface area contributed by atoms with Crippen molar-refractivity contribution in [2.24, 2.45) is 0 Å². The van der Waals surface area contributed by atoms with E-state index in [1.165, 1.54) is 4.90 Å². The molecule has 6 nitrogen and oxygen atoms in total. The molecule has 0 saturated carbocycles. The van der Waals surface area contributed by atoms with Crippen LogP contribution in [0.15, 0.2) is 0 Å². The van der Waals surface area contributed by atoms with E-state index < -0.39 is 6.04 Å². The Labute approximate surface area is 123 Å². The van der Waals surface area contributed by atoms with Crippen molar-refractivity contribution in [2.45, 2.75) is 13.0 Å².